The molecule has 8 atom stereocenters. The first-order valence-electron chi connectivity index (χ1n) is 22.7. The highest BCUT2D eigenvalue weighted by Gasteiger charge is 2.59. The predicted molar refractivity (Wildman–Crippen MR) is 223 cm³/mol. The first-order chi connectivity index (χ1) is 28.0. The van der Waals surface area contributed by atoms with Gasteiger partial charge in [0.05, 0.1) is 92.5 Å². The van der Waals surface area contributed by atoms with Crippen LogP contribution in [0.15, 0.2) is 11.6 Å². The summed E-state index contributed by atoms with van der Waals surface area (Å²) in [5.74, 6) is 4.97. The van der Waals surface area contributed by atoms with Crippen LogP contribution in [0.3, 0.4) is 0 Å². The second kappa shape index (κ2) is 26.4. The van der Waals surface area contributed by atoms with Gasteiger partial charge in [0.1, 0.15) is 6.10 Å². The summed E-state index contributed by atoms with van der Waals surface area (Å²) in [6.07, 6.45) is 15.0. The van der Waals surface area contributed by atoms with Crippen molar-refractivity contribution in [1.82, 2.24) is 10.6 Å². The van der Waals surface area contributed by atoms with E-state index in [1.54, 1.807) is 5.57 Å². The number of rotatable bonds is 30. The van der Waals surface area contributed by atoms with Crippen molar-refractivity contribution < 1.29 is 52.6 Å². The van der Waals surface area contributed by atoms with Gasteiger partial charge < -0.3 is 53.6 Å². The zero-order chi connectivity index (χ0) is 41.6. The molecule has 336 valence electrons. The van der Waals surface area contributed by atoms with E-state index in [9.17, 15) is 9.59 Å². The fourth-order valence-corrected chi connectivity index (χ4v) is 10.8. The Bertz CT molecular complexity index is 1210. The summed E-state index contributed by atoms with van der Waals surface area (Å²) in [6.45, 7) is 19.3. The number of carboxylic acid groups (broad SMARTS) is 1. The average molecular weight is 825 g/mol. The Morgan fingerprint density at radius 1 is 0.690 bits per heavy atom. The predicted octanol–water partition coefficient (Wildman–Crippen LogP) is 7.51. The van der Waals surface area contributed by atoms with E-state index in [-0.39, 0.29) is 24.2 Å². The Balaban J connectivity index is 0.945. The molecule has 58 heavy (non-hydrogen) atoms. The molecule has 4 aliphatic carbocycles. The van der Waals surface area contributed by atoms with Gasteiger partial charge in [-0.15, -0.1) is 0 Å². The number of alkyl carbamates (subject to hydrolysis) is 1. The molecule has 0 radical (unpaired) electrons. The maximum absolute atomic E-state index is 12.7. The van der Waals surface area contributed by atoms with Crippen molar-refractivity contribution in [1.29, 1.82) is 0 Å². The number of carbonyl (C=O) groups excluding carboxylic acids is 1. The van der Waals surface area contributed by atoms with E-state index in [1.165, 1.54) is 51.4 Å². The van der Waals surface area contributed by atoms with Crippen molar-refractivity contribution in [3.63, 3.8) is 0 Å². The molecule has 2 amide bonds. The van der Waals surface area contributed by atoms with Crippen molar-refractivity contribution in [3.8, 4) is 0 Å². The normalized spacial score (nSPS) is 28.3. The topological polar surface area (TPSA) is 152 Å². The van der Waals surface area contributed by atoms with Crippen LogP contribution in [0.1, 0.15) is 105 Å². The van der Waals surface area contributed by atoms with Gasteiger partial charge in [-0.1, -0.05) is 65.5 Å². The first-order valence-corrected chi connectivity index (χ1v) is 22.7. The Morgan fingerprint density at radius 3 is 1.76 bits per heavy atom. The van der Waals surface area contributed by atoms with Crippen LogP contribution < -0.4 is 10.6 Å². The number of nitrogens with one attached hydrogen (secondary N) is 2. The van der Waals surface area contributed by atoms with Gasteiger partial charge >= 0.3 is 12.2 Å². The lowest BCUT2D eigenvalue weighted by Crippen LogP contribution is -2.51. The van der Waals surface area contributed by atoms with Gasteiger partial charge in [0.25, 0.3) is 0 Å². The van der Waals surface area contributed by atoms with Gasteiger partial charge in [-0.25, -0.2) is 9.59 Å². The van der Waals surface area contributed by atoms with Gasteiger partial charge in [-0.3, -0.25) is 0 Å². The molecule has 13 heteroatoms. The average Bonchev–Trinajstić information content (AvgIpc) is 3.55. The fourth-order valence-electron chi connectivity index (χ4n) is 10.8. The van der Waals surface area contributed by atoms with Crippen LogP contribution in [0.25, 0.3) is 0 Å². The van der Waals surface area contributed by atoms with Crippen molar-refractivity contribution >= 4 is 12.2 Å². The summed E-state index contributed by atoms with van der Waals surface area (Å²) >= 11 is 0. The van der Waals surface area contributed by atoms with Gasteiger partial charge in [0.2, 0.25) is 0 Å². The number of carbonyl (C=O) groups is 2. The van der Waals surface area contributed by atoms with Crippen LogP contribution in [-0.2, 0) is 37.9 Å². The Hall–Kier alpha value is -2.00. The SMILES string of the molecule is CC(C)CCC[C@@H](C)[C@H]1CC[C@H]2[C@@H]3CC=C4C[C@@H](OC(=O)NCCOCCOCCOCCOCCOCCOCCOCCNC(=O)O)CC[C@]4(C)[C@H]3CC[C@]12C. The van der Waals surface area contributed by atoms with E-state index in [0.717, 1.165) is 54.8 Å². The summed E-state index contributed by atoms with van der Waals surface area (Å²) in [7, 11) is 0. The smallest absolute Gasteiger partial charge is 0.407 e. The molecule has 0 spiro atoms. The maximum atomic E-state index is 12.7. The second-order valence-corrected chi connectivity index (χ2v) is 18.0. The Morgan fingerprint density at radius 2 is 1.22 bits per heavy atom. The molecular formula is C45H80N2O11. The lowest BCUT2D eigenvalue weighted by Gasteiger charge is -2.58. The van der Waals surface area contributed by atoms with Crippen LogP contribution in [-0.4, -0.2) is 129 Å². The van der Waals surface area contributed by atoms with E-state index >= 15 is 0 Å². The molecule has 0 saturated heterocycles. The van der Waals surface area contributed by atoms with E-state index in [1.807, 2.05) is 0 Å². The molecule has 0 aromatic carbocycles. The second-order valence-electron chi connectivity index (χ2n) is 18.0. The third-order valence-electron chi connectivity index (χ3n) is 13.8. The van der Waals surface area contributed by atoms with Crippen LogP contribution in [0.4, 0.5) is 9.59 Å². The summed E-state index contributed by atoms with van der Waals surface area (Å²) in [5, 5.41) is 13.6. The number of amides is 2. The van der Waals surface area contributed by atoms with Crippen LogP contribution in [0, 0.1) is 46.3 Å². The summed E-state index contributed by atoms with van der Waals surface area (Å²) < 4.78 is 44.2. The summed E-state index contributed by atoms with van der Waals surface area (Å²) in [4.78, 5) is 23.0. The standard InChI is InChI=1S/C45H80N2O11/c1-34(2)7-6-8-35(3)39-11-12-40-38-10-9-36-33-37(13-15-44(36,4)41(38)14-16-45(39,40)5)58-43(50)47-18-20-52-22-24-54-26-28-56-30-32-57-31-29-55-27-25-53-23-21-51-19-17-46-42(48)49/h9,34-35,37-41,46H,6-8,10-33H2,1-5H3,(H,47,50)(H,48,49)/t35-,37+,38+,39-,40+,41+,44+,45-/m1/s1. The third kappa shape index (κ3) is 15.8. The van der Waals surface area contributed by atoms with Crippen molar-refractivity contribution in [2.75, 3.05) is 106 Å². The van der Waals surface area contributed by atoms with Gasteiger partial charge in [0.15, 0.2) is 0 Å². The van der Waals surface area contributed by atoms with Crippen LogP contribution >= 0.6 is 0 Å². The minimum atomic E-state index is -1.06. The monoisotopic (exact) mass is 825 g/mol. The van der Waals surface area contributed by atoms with Crippen molar-refractivity contribution in [3.05, 3.63) is 11.6 Å². The number of hydrogen-bond acceptors (Lipinski definition) is 10. The molecule has 0 aromatic heterocycles. The lowest BCUT2D eigenvalue weighted by atomic mass is 9.47. The molecule has 13 nitrogen and oxygen atoms in total. The summed E-state index contributed by atoms with van der Waals surface area (Å²) in [5.41, 5.74) is 2.30. The van der Waals surface area contributed by atoms with E-state index in [4.69, 9.17) is 43.0 Å². The molecule has 0 aromatic rings. The minimum Gasteiger partial charge on any atom is -0.465 e. The molecule has 0 heterocycles. The van der Waals surface area contributed by atoms with Crippen LogP contribution in [0.2, 0.25) is 0 Å². The molecule has 3 saturated carbocycles. The molecular weight excluding hydrogens is 744 g/mol. The van der Waals surface area contributed by atoms with E-state index in [2.05, 4.69) is 51.3 Å². The molecule has 0 unspecified atom stereocenters. The zero-order valence-electron chi connectivity index (χ0n) is 36.7. The minimum absolute atomic E-state index is 0.0532. The third-order valence-corrected chi connectivity index (χ3v) is 13.8. The largest absolute Gasteiger partial charge is 0.465 e. The molecule has 4 aliphatic rings. The van der Waals surface area contributed by atoms with Crippen LogP contribution in [0.5, 0.6) is 0 Å². The quantitative estimate of drug-likeness (QED) is 0.0488. The molecule has 0 aliphatic heterocycles. The van der Waals surface area contributed by atoms with Gasteiger partial charge in [0, 0.05) is 19.5 Å². The maximum Gasteiger partial charge on any atom is 0.407 e. The molecule has 3 fully saturated rings. The van der Waals surface area contributed by atoms with E-state index in [0.29, 0.717) is 104 Å². The Labute approximate surface area is 349 Å². The summed E-state index contributed by atoms with van der Waals surface area (Å²) in [6, 6.07) is 0. The first kappa shape index (κ1) is 48.7. The fraction of sp³-hybridized carbons (Fsp3) is 0.911. The number of ether oxygens (including phenoxy) is 8. The highest BCUT2D eigenvalue weighted by atomic mass is 16.6. The van der Waals surface area contributed by atoms with Gasteiger partial charge in [-0.2, -0.15) is 0 Å². The zero-order valence-corrected chi connectivity index (χ0v) is 36.7. The van der Waals surface area contributed by atoms with Crippen molar-refractivity contribution in [2.24, 2.45) is 46.3 Å². The van der Waals surface area contributed by atoms with Gasteiger partial charge in [-0.05, 0) is 91.3 Å². The number of fused-ring (bicyclic) bond motifs is 5. The Kier molecular flexibility index (Phi) is 22.1. The molecule has 3 N–H and O–H groups in total. The lowest BCUT2D eigenvalue weighted by molar-refractivity contribution is -0.0581. The molecule has 0 bridgehead atoms. The number of allylic oxidation sites excluding steroid dienone is 1. The van der Waals surface area contributed by atoms with E-state index < -0.39 is 6.09 Å². The van der Waals surface area contributed by atoms with Crippen molar-refractivity contribution in [2.45, 2.75) is 111 Å². The molecule has 4 rings (SSSR count). The highest BCUT2D eigenvalue weighted by molar-refractivity contribution is 5.67. The number of hydrogen-bond donors (Lipinski definition) is 3. The highest BCUT2D eigenvalue weighted by Crippen LogP contribution is 2.67.